The minimum atomic E-state index is -1.30. The monoisotopic (exact) mass is 359 g/mol. The van der Waals surface area contributed by atoms with Crippen LogP contribution in [0.5, 0.6) is 0 Å². The summed E-state index contributed by atoms with van der Waals surface area (Å²) in [7, 11) is 0. The van der Waals surface area contributed by atoms with Crippen molar-refractivity contribution >= 4 is 35.0 Å². The van der Waals surface area contributed by atoms with Crippen molar-refractivity contribution in [3.8, 4) is 0 Å². The molecule has 2 aromatic carbocycles. The molecule has 0 atom stereocenters. The number of benzene rings is 2. The van der Waals surface area contributed by atoms with Crippen molar-refractivity contribution in [1.82, 2.24) is 0 Å². The topological polar surface area (TPSA) is 112 Å². The van der Waals surface area contributed by atoms with Crippen LogP contribution >= 0.6 is 11.8 Å². The van der Waals surface area contributed by atoms with Crippen LogP contribution in [0.25, 0.3) is 0 Å². The number of hydrogen-bond acceptors (Lipinski definition) is 6. The molecule has 8 heteroatoms. The molecule has 0 spiro atoms. The normalized spacial score (nSPS) is 10.3. The number of nitrogens with one attached hydrogen (secondary N) is 1. The molecule has 2 aromatic rings. The van der Waals surface area contributed by atoms with Crippen molar-refractivity contribution in [1.29, 1.82) is 0 Å². The Kier molecular flexibility index (Phi) is 6.13. The molecule has 0 aliphatic carbocycles. The highest BCUT2D eigenvalue weighted by Gasteiger charge is 2.08. The van der Waals surface area contributed by atoms with Crippen molar-refractivity contribution in [3.63, 3.8) is 0 Å². The summed E-state index contributed by atoms with van der Waals surface area (Å²) in [6.07, 6.45) is 0. The number of nitro benzene ring substituents is 1. The molecule has 1 amide bonds. The summed E-state index contributed by atoms with van der Waals surface area (Å²) in [5.41, 5.74) is 2.08. The Bertz CT molecular complexity index is 805. The summed E-state index contributed by atoms with van der Waals surface area (Å²) in [4.78, 5) is 33.0. The maximum absolute atomic E-state index is 12.0. The molecule has 130 valence electrons. The number of carbonyl (C=O) groups excluding carboxylic acids is 2. The van der Waals surface area contributed by atoms with Crippen LogP contribution < -0.4 is 10.4 Å². The fourth-order valence-corrected chi connectivity index (χ4v) is 2.83. The van der Waals surface area contributed by atoms with Gasteiger partial charge in [0.05, 0.1) is 16.6 Å². The van der Waals surface area contributed by atoms with Crippen LogP contribution in [0.1, 0.15) is 21.5 Å². The van der Waals surface area contributed by atoms with E-state index in [2.05, 4.69) is 5.32 Å². The standard InChI is InChI=1S/C17H16N2O5S/c1-11-2-5-13(17(21)22)8-15(11)18-16(20)10-25-9-12-3-6-14(7-4-12)19(23)24/h2-8H,9-10H2,1H3,(H,18,20)(H,21,22)/p-1. The zero-order chi connectivity index (χ0) is 18.4. The Morgan fingerprint density at radius 2 is 1.84 bits per heavy atom. The minimum absolute atomic E-state index is 0.000525. The summed E-state index contributed by atoms with van der Waals surface area (Å²) < 4.78 is 0. The largest absolute Gasteiger partial charge is 0.545 e. The Balaban J connectivity index is 1.87. The van der Waals surface area contributed by atoms with Gasteiger partial charge in [0.25, 0.3) is 5.69 Å². The highest BCUT2D eigenvalue weighted by Crippen LogP contribution is 2.19. The van der Waals surface area contributed by atoms with Gasteiger partial charge in [0, 0.05) is 23.6 Å². The predicted octanol–water partition coefficient (Wildman–Crippen LogP) is 2.14. The van der Waals surface area contributed by atoms with E-state index in [4.69, 9.17) is 0 Å². The zero-order valence-corrected chi connectivity index (χ0v) is 14.2. The van der Waals surface area contributed by atoms with Crippen LogP contribution in [0.15, 0.2) is 42.5 Å². The molecule has 2 rings (SSSR count). The lowest BCUT2D eigenvalue weighted by atomic mass is 10.1. The number of hydrogen-bond donors (Lipinski definition) is 1. The fraction of sp³-hybridized carbons (Fsp3) is 0.176. The van der Waals surface area contributed by atoms with Crippen molar-refractivity contribution in [2.75, 3.05) is 11.1 Å². The van der Waals surface area contributed by atoms with Crippen LogP contribution in [0.4, 0.5) is 11.4 Å². The van der Waals surface area contributed by atoms with E-state index >= 15 is 0 Å². The van der Waals surface area contributed by atoms with Gasteiger partial charge in [0.15, 0.2) is 0 Å². The third-order valence-electron chi connectivity index (χ3n) is 3.40. The number of non-ortho nitro benzene ring substituents is 1. The average Bonchev–Trinajstić information content (AvgIpc) is 2.57. The molecule has 0 bridgehead atoms. The minimum Gasteiger partial charge on any atom is -0.545 e. The molecule has 0 aromatic heterocycles. The van der Waals surface area contributed by atoms with Gasteiger partial charge in [-0.05, 0) is 29.7 Å². The molecule has 0 aliphatic heterocycles. The molecular weight excluding hydrogens is 344 g/mol. The molecule has 0 heterocycles. The van der Waals surface area contributed by atoms with E-state index in [0.717, 1.165) is 11.1 Å². The number of rotatable bonds is 7. The number of aromatic carboxylic acids is 1. The average molecular weight is 359 g/mol. The first kappa shape index (κ1) is 18.5. The summed E-state index contributed by atoms with van der Waals surface area (Å²) in [5, 5.41) is 24.1. The number of aryl methyl sites for hydroxylation is 1. The van der Waals surface area contributed by atoms with E-state index in [-0.39, 0.29) is 22.9 Å². The van der Waals surface area contributed by atoms with E-state index in [0.29, 0.717) is 11.4 Å². The lowest BCUT2D eigenvalue weighted by molar-refractivity contribution is -0.384. The lowest BCUT2D eigenvalue weighted by Gasteiger charge is -2.11. The first-order chi connectivity index (χ1) is 11.9. The number of amides is 1. The third kappa shape index (κ3) is 5.32. The molecule has 0 aliphatic rings. The summed E-state index contributed by atoms with van der Waals surface area (Å²) in [6.45, 7) is 1.76. The van der Waals surface area contributed by atoms with Crippen LogP contribution in [-0.4, -0.2) is 22.6 Å². The van der Waals surface area contributed by atoms with Crippen molar-refractivity contribution in [2.45, 2.75) is 12.7 Å². The quantitative estimate of drug-likeness (QED) is 0.599. The van der Waals surface area contributed by atoms with Crippen molar-refractivity contribution in [3.05, 3.63) is 69.3 Å². The number of carboxylic acids is 1. The Hall–Kier alpha value is -2.87. The molecule has 0 radical (unpaired) electrons. The van der Waals surface area contributed by atoms with Crippen molar-refractivity contribution in [2.24, 2.45) is 0 Å². The number of carbonyl (C=O) groups is 2. The molecule has 7 nitrogen and oxygen atoms in total. The van der Waals surface area contributed by atoms with Gasteiger partial charge in [-0.3, -0.25) is 14.9 Å². The van der Waals surface area contributed by atoms with Gasteiger partial charge in [-0.2, -0.15) is 0 Å². The van der Waals surface area contributed by atoms with Crippen LogP contribution in [0.3, 0.4) is 0 Å². The molecule has 0 saturated carbocycles. The number of anilines is 1. The Morgan fingerprint density at radius 1 is 1.16 bits per heavy atom. The lowest BCUT2D eigenvalue weighted by Crippen LogP contribution is -2.23. The Morgan fingerprint density at radius 3 is 2.44 bits per heavy atom. The van der Waals surface area contributed by atoms with E-state index < -0.39 is 10.9 Å². The Labute approximate surface area is 148 Å². The van der Waals surface area contributed by atoms with Crippen molar-refractivity contribution < 1.29 is 19.6 Å². The van der Waals surface area contributed by atoms with E-state index in [1.807, 2.05) is 0 Å². The van der Waals surface area contributed by atoms with Crippen LogP contribution in [0.2, 0.25) is 0 Å². The maximum Gasteiger partial charge on any atom is 0.269 e. The number of nitrogens with zero attached hydrogens (tertiary/aromatic N) is 1. The number of carboxylic acid groups (broad SMARTS) is 1. The number of thioether (sulfide) groups is 1. The summed E-state index contributed by atoms with van der Waals surface area (Å²) >= 11 is 1.35. The SMILES string of the molecule is Cc1ccc(C(=O)[O-])cc1NC(=O)CSCc1ccc([N+](=O)[O-])cc1. The third-order valence-corrected chi connectivity index (χ3v) is 4.40. The predicted molar refractivity (Wildman–Crippen MR) is 93.4 cm³/mol. The molecular formula is C17H15N2O5S-. The maximum atomic E-state index is 12.0. The summed E-state index contributed by atoms with van der Waals surface area (Å²) in [5.74, 6) is -0.858. The molecule has 0 unspecified atom stereocenters. The first-order valence-electron chi connectivity index (χ1n) is 7.29. The zero-order valence-electron chi connectivity index (χ0n) is 13.4. The fourth-order valence-electron chi connectivity index (χ4n) is 2.05. The smallest absolute Gasteiger partial charge is 0.269 e. The van der Waals surface area contributed by atoms with Gasteiger partial charge < -0.3 is 15.2 Å². The van der Waals surface area contributed by atoms with Crippen LogP contribution in [0, 0.1) is 17.0 Å². The highest BCUT2D eigenvalue weighted by atomic mass is 32.2. The second-order valence-corrected chi connectivity index (χ2v) is 6.27. The second kappa shape index (κ2) is 8.29. The number of nitro groups is 1. The van der Waals surface area contributed by atoms with E-state index in [1.165, 1.54) is 36.0 Å². The summed E-state index contributed by atoms with van der Waals surface area (Å²) in [6, 6.07) is 10.5. The van der Waals surface area contributed by atoms with Gasteiger partial charge in [0.2, 0.25) is 5.91 Å². The second-order valence-electron chi connectivity index (χ2n) is 5.28. The highest BCUT2D eigenvalue weighted by molar-refractivity contribution is 7.99. The molecule has 0 saturated heterocycles. The van der Waals surface area contributed by atoms with Gasteiger partial charge >= 0.3 is 0 Å². The van der Waals surface area contributed by atoms with Gasteiger partial charge in [-0.1, -0.05) is 24.3 Å². The van der Waals surface area contributed by atoms with Gasteiger partial charge in [0.1, 0.15) is 0 Å². The molecule has 25 heavy (non-hydrogen) atoms. The van der Waals surface area contributed by atoms with Gasteiger partial charge in [-0.15, -0.1) is 11.8 Å². The van der Waals surface area contributed by atoms with E-state index in [9.17, 15) is 24.8 Å². The van der Waals surface area contributed by atoms with Gasteiger partial charge in [-0.25, -0.2) is 0 Å². The molecule has 1 N–H and O–H groups in total. The first-order valence-corrected chi connectivity index (χ1v) is 8.45. The van der Waals surface area contributed by atoms with Crippen LogP contribution in [-0.2, 0) is 10.5 Å². The van der Waals surface area contributed by atoms with E-state index in [1.54, 1.807) is 25.1 Å². The molecule has 0 fully saturated rings.